The summed E-state index contributed by atoms with van der Waals surface area (Å²) >= 11 is 0.668. The molecule has 0 aliphatic rings. The summed E-state index contributed by atoms with van der Waals surface area (Å²) < 4.78 is 78.1. The summed E-state index contributed by atoms with van der Waals surface area (Å²) in [6.45, 7) is 2.01. The number of rotatable bonds is 6. The molecule has 12 heteroatoms. The molecule has 0 atom stereocenters. The standard InChI is InChI=1S/C18H14F5N3O3S/c1-9-12(24-15(27)10-5-6-28-8-10)4-3-11(14(9)29-18(21,22)23)16-25-13(26-30-16)7-17(2,19)20/h3-6,8H,7H2,1-2H3,(H,24,27). The lowest BCUT2D eigenvalue weighted by atomic mass is 10.1. The second kappa shape index (κ2) is 8.01. The van der Waals surface area contributed by atoms with Crippen molar-refractivity contribution in [2.45, 2.75) is 32.6 Å². The van der Waals surface area contributed by atoms with Gasteiger partial charge in [0.05, 0.1) is 23.8 Å². The summed E-state index contributed by atoms with van der Waals surface area (Å²) in [4.78, 5) is 16.1. The number of alkyl halides is 5. The van der Waals surface area contributed by atoms with Gasteiger partial charge in [0.2, 0.25) is 0 Å². The van der Waals surface area contributed by atoms with Crippen LogP contribution >= 0.6 is 11.5 Å². The van der Waals surface area contributed by atoms with E-state index in [1.54, 1.807) is 0 Å². The normalized spacial score (nSPS) is 12.1. The van der Waals surface area contributed by atoms with E-state index >= 15 is 0 Å². The maximum absolute atomic E-state index is 13.2. The Labute approximate surface area is 170 Å². The van der Waals surface area contributed by atoms with Crippen LogP contribution in [0, 0.1) is 6.92 Å². The van der Waals surface area contributed by atoms with E-state index in [9.17, 15) is 26.7 Å². The smallest absolute Gasteiger partial charge is 0.472 e. The first-order chi connectivity index (χ1) is 13.9. The predicted molar refractivity (Wildman–Crippen MR) is 97.8 cm³/mol. The molecule has 0 aliphatic carbocycles. The van der Waals surface area contributed by atoms with Crippen LogP contribution in [-0.4, -0.2) is 27.5 Å². The molecule has 0 spiro atoms. The number of amides is 1. The number of carbonyl (C=O) groups excluding carboxylic acids is 1. The Morgan fingerprint density at radius 2 is 1.97 bits per heavy atom. The van der Waals surface area contributed by atoms with Crippen LogP contribution in [-0.2, 0) is 6.42 Å². The Morgan fingerprint density at radius 3 is 2.57 bits per heavy atom. The lowest BCUT2D eigenvalue weighted by Gasteiger charge is -2.17. The van der Waals surface area contributed by atoms with Crippen molar-refractivity contribution in [3.63, 3.8) is 0 Å². The number of furan rings is 1. The summed E-state index contributed by atoms with van der Waals surface area (Å²) in [7, 11) is 0. The van der Waals surface area contributed by atoms with Gasteiger partial charge in [0.1, 0.15) is 22.8 Å². The van der Waals surface area contributed by atoms with E-state index in [-0.39, 0.29) is 33.2 Å². The number of carbonyl (C=O) groups is 1. The molecule has 3 aromatic rings. The highest BCUT2D eigenvalue weighted by Gasteiger charge is 2.34. The number of hydrogen-bond donors (Lipinski definition) is 1. The van der Waals surface area contributed by atoms with Gasteiger partial charge in [-0.15, -0.1) is 13.2 Å². The average molecular weight is 447 g/mol. The number of halogens is 5. The lowest BCUT2D eigenvalue weighted by Crippen LogP contribution is -2.19. The Bertz CT molecular complexity index is 1040. The fourth-order valence-corrected chi connectivity index (χ4v) is 3.25. The third-order valence-electron chi connectivity index (χ3n) is 3.82. The molecule has 0 bridgehead atoms. The van der Waals surface area contributed by atoms with Gasteiger partial charge in [-0.3, -0.25) is 4.79 Å². The number of nitrogens with zero attached hydrogens (tertiary/aromatic N) is 2. The quantitative estimate of drug-likeness (QED) is 0.508. The number of anilines is 1. The number of aromatic nitrogens is 2. The third-order valence-corrected chi connectivity index (χ3v) is 4.61. The second-order valence-corrected chi connectivity index (χ2v) is 7.14. The summed E-state index contributed by atoms with van der Waals surface area (Å²) in [6, 6.07) is 3.99. The summed E-state index contributed by atoms with van der Waals surface area (Å²) in [5.41, 5.74) is 0.119. The molecular formula is C18H14F5N3O3S. The van der Waals surface area contributed by atoms with Crippen molar-refractivity contribution in [3.05, 3.63) is 47.7 Å². The summed E-state index contributed by atoms with van der Waals surface area (Å²) in [5, 5.41) is 2.45. The van der Waals surface area contributed by atoms with Gasteiger partial charge >= 0.3 is 6.36 Å². The van der Waals surface area contributed by atoms with Crippen molar-refractivity contribution in [1.29, 1.82) is 0 Å². The first-order valence-electron chi connectivity index (χ1n) is 8.36. The Morgan fingerprint density at radius 1 is 1.23 bits per heavy atom. The first kappa shape index (κ1) is 21.7. The van der Waals surface area contributed by atoms with E-state index in [0.29, 0.717) is 18.5 Å². The van der Waals surface area contributed by atoms with Crippen LogP contribution in [0.4, 0.5) is 27.6 Å². The highest BCUT2D eigenvalue weighted by molar-refractivity contribution is 7.09. The van der Waals surface area contributed by atoms with Gasteiger partial charge in [0, 0.05) is 11.3 Å². The highest BCUT2D eigenvalue weighted by Crippen LogP contribution is 2.40. The molecule has 1 N–H and O–H groups in total. The van der Waals surface area contributed by atoms with Crippen LogP contribution in [0.3, 0.4) is 0 Å². The maximum atomic E-state index is 13.2. The molecule has 6 nitrogen and oxygen atoms in total. The third kappa shape index (κ3) is 5.32. The largest absolute Gasteiger partial charge is 0.573 e. The topological polar surface area (TPSA) is 77.3 Å². The van der Waals surface area contributed by atoms with Gasteiger partial charge in [-0.1, -0.05) is 0 Å². The second-order valence-electron chi connectivity index (χ2n) is 6.39. The van der Waals surface area contributed by atoms with E-state index in [2.05, 4.69) is 19.4 Å². The lowest BCUT2D eigenvalue weighted by molar-refractivity contribution is -0.274. The van der Waals surface area contributed by atoms with Crippen molar-refractivity contribution in [3.8, 4) is 16.3 Å². The molecule has 2 heterocycles. The van der Waals surface area contributed by atoms with Gasteiger partial charge in [-0.2, -0.15) is 4.37 Å². The van der Waals surface area contributed by atoms with E-state index < -0.39 is 30.4 Å². The molecule has 2 aromatic heterocycles. The monoisotopic (exact) mass is 447 g/mol. The molecule has 160 valence electrons. The van der Waals surface area contributed by atoms with E-state index in [1.165, 1.54) is 37.6 Å². The van der Waals surface area contributed by atoms with E-state index in [0.717, 1.165) is 0 Å². The molecule has 1 amide bonds. The number of hydrogen-bond acceptors (Lipinski definition) is 6. The Kier molecular flexibility index (Phi) is 5.79. The fourth-order valence-electron chi connectivity index (χ4n) is 2.54. The molecule has 0 saturated heterocycles. The molecule has 3 rings (SSSR count). The molecule has 0 aliphatic heterocycles. The average Bonchev–Trinajstić information content (AvgIpc) is 3.28. The van der Waals surface area contributed by atoms with Crippen molar-refractivity contribution in [1.82, 2.24) is 9.36 Å². The van der Waals surface area contributed by atoms with E-state index in [1.807, 2.05) is 0 Å². The zero-order chi connectivity index (χ0) is 22.1. The van der Waals surface area contributed by atoms with Gasteiger partial charge in [-0.25, -0.2) is 13.8 Å². The minimum absolute atomic E-state index is 0.0238. The maximum Gasteiger partial charge on any atom is 0.573 e. The highest BCUT2D eigenvalue weighted by atomic mass is 32.1. The van der Waals surface area contributed by atoms with Crippen LogP contribution in [0.2, 0.25) is 0 Å². The van der Waals surface area contributed by atoms with Crippen molar-refractivity contribution in [2.75, 3.05) is 5.32 Å². The molecule has 0 radical (unpaired) electrons. The zero-order valence-corrected chi connectivity index (χ0v) is 16.3. The summed E-state index contributed by atoms with van der Waals surface area (Å²) in [6.07, 6.45) is -3.33. The van der Waals surface area contributed by atoms with Gasteiger partial charge in [-0.05, 0) is 43.6 Å². The molecule has 0 fully saturated rings. The molecule has 30 heavy (non-hydrogen) atoms. The summed E-state index contributed by atoms with van der Waals surface area (Å²) in [5.74, 6) is -4.48. The molecular weight excluding hydrogens is 433 g/mol. The minimum Gasteiger partial charge on any atom is -0.472 e. The molecule has 0 saturated carbocycles. The van der Waals surface area contributed by atoms with Crippen LogP contribution < -0.4 is 10.1 Å². The Balaban J connectivity index is 1.99. The van der Waals surface area contributed by atoms with Crippen LogP contribution in [0.25, 0.3) is 10.6 Å². The molecule has 1 aromatic carbocycles. The van der Waals surface area contributed by atoms with Crippen LogP contribution in [0.1, 0.15) is 28.7 Å². The Hall–Kier alpha value is -3.02. The van der Waals surface area contributed by atoms with Crippen LogP contribution in [0.15, 0.2) is 35.1 Å². The number of nitrogens with one attached hydrogen (secondary N) is 1. The van der Waals surface area contributed by atoms with Gasteiger partial charge in [0.15, 0.2) is 0 Å². The van der Waals surface area contributed by atoms with Gasteiger partial charge in [0.25, 0.3) is 11.8 Å². The van der Waals surface area contributed by atoms with Crippen molar-refractivity contribution in [2.24, 2.45) is 0 Å². The van der Waals surface area contributed by atoms with Crippen molar-refractivity contribution >= 4 is 23.1 Å². The zero-order valence-electron chi connectivity index (χ0n) is 15.5. The van der Waals surface area contributed by atoms with E-state index in [4.69, 9.17) is 4.42 Å². The number of benzene rings is 1. The van der Waals surface area contributed by atoms with Gasteiger partial charge < -0.3 is 14.5 Å². The fraction of sp³-hybridized carbons (Fsp3) is 0.278. The van der Waals surface area contributed by atoms with Crippen molar-refractivity contribution < 1.29 is 35.9 Å². The predicted octanol–water partition coefficient (Wildman–Crippen LogP) is 5.46. The SMILES string of the molecule is Cc1c(NC(=O)c2ccoc2)ccc(-c2nc(CC(C)(F)F)ns2)c1OC(F)(F)F. The minimum atomic E-state index is -5.03. The van der Waals surface area contributed by atoms with Crippen LogP contribution in [0.5, 0.6) is 5.75 Å². The molecule has 0 unspecified atom stereocenters. The number of ether oxygens (including phenoxy) is 1. The first-order valence-corrected chi connectivity index (χ1v) is 9.14.